The summed E-state index contributed by atoms with van der Waals surface area (Å²) >= 11 is 0. The molecule has 1 aliphatic carbocycles. The Hall–Kier alpha value is -0.870. The zero-order valence-corrected chi connectivity index (χ0v) is 14.1. The zero-order chi connectivity index (χ0) is 15.6. The minimum absolute atomic E-state index is 0.232. The smallest absolute Gasteiger partial charge is 0.182 e. The minimum Gasteiger partial charge on any atom is -0.327 e. The minimum atomic E-state index is -3.33. The molecule has 0 amide bonds. The van der Waals surface area contributed by atoms with E-state index in [0.717, 1.165) is 36.8 Å². The van der Waals surface area contributed by atoms with Gasteiger partial charge in [-0.2, -0.15) is 0 Å². The highest BCUT2D eigenvalue weighted by Gasteiger charge is 2.37. The number of hydrogen-bond donors (Lipinski definition) is 1. The van der Waals surface area contributed by atoms with Crippen molar-refractivity contribution in [2.75, 3.05) is 0 Å². The summed E-state index contributed by atoms with van der Waals surface area (Å²) in [7, 11) is -3.33. The first-order valence-electron chi connectivity index (χ1n) is 7.93. The number of sulfone groups is 1. The SMILES string of the molecule is CCCC1CCC(N)C(S(=O)(=O)c2ccc(C)c(C)c2)C1. The van der Waals surface area contributed by atoms with Crippen molar-refractivity contribution in [2.45, 2.75) is 69.1 Å². The molecule has 0 radical (unpaired) electrons. The maximum Gasteiger partial charge on any atom is 0.182 e. The number of nitrogens with two attached hydrogens (primary N) is 1. The largest absolute Gasteiger partial charge is 0.327 e. The summed E-state index contributed by atoms with van der Waals surface area (Å²) in [5.74, 6) is 0.501. The van der Waals surface area contributed by atoms with Crippen LogP contribution in [0.25, 0.3) is 0 Å². The molecule has 1 saturated carbocycles. The van der Waals surface area contributed by atoms with Gasteiger partial charge in [0.15, 0.2) is 9.84 Å². The summed E-state index contributed by atoms with van der Waals surface area (Å²) in [6.45, 7) is 6.10. The van der Waals surface area contributed by atoms with Crippen LogP contribution in [0.5, 0.6) is 0 Å². The molecule has 0 aromatic heterocycles. The van der Waals surface area contributed by atoms with Crippen molar-refractivity contribution in [2.24, 2.45) is 11.7 Å². The molecule has 2 N–H and O–H groups in total. The number of aryl methyl sites for hydroxylation is 2. The fourth-order valence-electron chi connectivity index (χ4n) is 3.33. The average Bonchev–Trinajstić information content (AvgIpc) is 2.44. The molecule has 3 nitrogen and oxygen atoms in total. The predicted octanol–water partition coefficient (Wildman–Crippen LogP) is 3.37. The molecule has 2 rings (SSSR count). The predicted molar refractivity (Wildman–Crippen MR) is 87.1 cm³/mol. The van der Waals surface area contributed by atoms with Gasteiger partial charge in [0.05, 0.1) is 10.1 Å². The lowest BCUT2D eigenvalue weighted by molar-refractivity contribution is 0.309. The van der Waals surface area contributed by atoms with Crippen molar-refractivity contribution in [3.8, 4) is 0 Å². The summed E-state index contributed by atoms with van der Waals surface area (Å²) in [6.07, 6.45) is 4.81. The molecule has 1 aliphatic rings. The molecule has 3 atom stereocenters. The second kappa shape index (κ2) is 6.49. The summed E-state index contributed by atoms with van der Waals surface area (Å²) in [4.78, 5) is 0.434. The van der Waals surface area contributed by atoms with Crippen molar-refractivity contribution in [3.05, 3.63) is 29.3 Å². The first-order chi connectivity index (χ1) is 9.86. The highest BCUT2D eigenvalue weighted by molar-refractivity contribution is 7.92. The fraction of sp³-hybridized carbons (Fsp3) is 0.647. The molecule has 4 heteroatoms. The van der Waals surface area contributed by atoms with Gasteiger partial charge in [-0.3, -0.25) is 0 Å². The van der Waals surface area contributed by atoms with Crippen LogP contribution in [0.1, 0.15) is 50.2 Å². The van der Waals surface area contributed by atoms with Crippen molar-refractivity contribution in [1.29, 1.82) is 0 Å². The van der Waals surface area contributed by atoms with Crippen LogP contribution in [0.2, 0.25) is 0 Å². The van der Waals surface area contributed by atoms with Gasteiger partial charge in [0.25, 0.3) is 0 Å². The van der Waals surface area contributed by atoms with Crippen LogP contribution in [0.3, 0.4) is 0 Å². The van der Waals surface area contributed by atoms with Gasteiger partial charge in [0, 0.05) is 6.04 Å². The molecule has 0 saturated heterocycles. The van der Waals surface area contributed by atoms with Crippen molar-refractivity contribution in [3.63, 3.8) is 0 Å². The van der Waals surface area contributed by atoms with Gasteiger partial charge in [-0.25, -0.2) is 8.42 Å². The molecule has 1 fully saturated rings. The van der Waals surface area contributed by atoms with Crippen molar-refractivity contribution in [1.82, 2.24) is 0 Å². The van der Waals surface area contributed by atoms with Crippen LogP contribution in [-0.2, 0) is 9.84 Å². The molecule has 0 spiro atoms. The Bertz CT molecular complexity index is 595. The van der Waals surface area contributed by atoms with E-state index >= 15 is 0 Å². The fourth-order valence-corrected chi connectivity index (χ4v) is 5.40. The van der Waals surface area contributed by atoms with E-state index in [4.69, 9.17) is 5.73 Å². The summed E-state index contributed by atoms with van der Waals surface area (Å²) in [5.41, 5.74) is 8.29. The Labute approximate surface area is 128 Å². The van der Waals surface area contributed by atoms with E-state index in [1.807, 2.05) is 19.9 Å². The third-order valence-corrected chi connectivity index (χ3v) is 7.10. The van der Waals surface area contributed by atoms with Crippen LogP contribution in [0, 0.1) is 19.8 Å². The van der Waals surface area contributed by atoms with E-state index in [2.05, 4.69) is 6.92 Å². The molecule has 3 unspecified atom stereocenters. The normalized spacial score (nSPS) is 26.8. The van der Waals surface area contributed by atoms with E-state index in [0.29, 0.717) is 17.2 Å². The van der Waals surface area contributed by atoms with Gasteiger partial charge in [-0.1, -0.05) is 25.8 Å². The lowest BCUT2D eigenvalue weighted by Crippen LogP contribution is -2.45. The average molecular weight is 309 g/mol. The summed E-state index contributed by atoms with van der Waals surface area (Å²) in [6, 6.07) is 5.18. The molecule has 118 valence electrons. The van der Waals surface area contributed by atoms with Crippen LogP contribution in [0.15, 0.2) is 23.1 Å². The third kappa shape index (κ3) is 3.49. The van der Waals surface area contributed by atoms with Gasteiger partial charge in [0.2, 0.25) is 0 Å². The van der Waals surface area contributed by atoms with E-state index < -0.39 is 15.1 Å². The van der Waals surface area contributed by atoms with Gasteiger partial charge in [0.1, 0.15) is 0 Å². The highest BCUT2D eigenvalue weighted by atomic mass is 32.2. The number of hydrogen-bond acceptors (Lipinski definition) is 3. The maximum atomic E-state index is 12.9. The number of benzene rings is 1. The summed E-state index contributed by atoms with van der Waals surface area (Å²) in [5, 5.41) is -0.426. The standard InChI is InChI=1S/C17H27NO2S/c1-4-5-14-7-9-16(18)17(11-14)21(19,20)15-8-6-12(2)13(3)10-15/h6,8,10,14,16-17H,4-5,7,9,11,18H2,1-3H3. The van der Waals surface area contributed by atoms with E-state index in [-0.39, 0.29) is 6.04 Å². The van der Waals surface area contributed by atoms with Crippen molar-refractivity contribution < 1.29 is 8.42 Å². The Balaban J connectivity index is 2.30. The third-order valence-electron chi connectivity index (χ3n) is 4.85. The lowest BCUT2D eigenvalue weighted by atomic mass is 9.83. The number of rotatable bonds is 4. The van der Waals surface area contributed by atoms with Gasteiger partial charge >= 0.3 is 0 Å². The quantitative estimate of drug-likeness (QED) is 0.927. The summed E-state index contributed by atoms with van der Waals surface area (Å²) < 4.78 is 25.9. The van der Waals surface area contributed by atoms with E-state index in [1.165, 1.54) is 0 Å². The second-order valence-corrected chi connectivity index (χ2v) is 8.63. The lowest BCUT2D eigenvalue weighted by Gasteiger charge is -2.33. The topological polar surface area (TPSA) is 60.2 Å². The molecule has 21 heavy (non-hydrogen) atoms. The van der Waals surface area contributed by atoms with E-state index in [1.54, 1.807) is 12.1 Å². The van der Waals surface area contributed by atoms with Crippen LogP contribution < -0.4 is 5.73 Å². The Morgan fingerprint density at radius 3 is 2.52 bits per heavy atom. The molecular formula is C17H27NO2S. The van der Waals surface area contributed by atoms with Crippen molar-refractivity contribution >= 4 is 9.84 Å². The van der Waals surface area contributed by atoms with Gasteiger partial charge in [-0.15, -0.1) is 0 Å². The molecule has 0 aliphatic heterocycles. The molecule has 0 bridgehead atoms. The highest BCUT2D eigenvalue weighted by Crippen LogP contribution is 2.34. The van der Waals surface area contributed by atoms with Crippen LogP contribution in [-0.4, -0.2) is 19.7 Å². The second-order valence-electron chi connectivity index (χ2n) is 6.46. The molecule has 1 aromatic rings. The first kappa shape index (κ1) is 16.5. The molecule has 1 aromatic carbocycles. The van der Waals surface area contributed by atoms with Crippen LogP contribution >= 0.6 is 0 Å². The maximum absolute atomic E-state index is 12.9. The molecular weight excluding hydrogens is 282 g/mol. The van der Waals surface area contributed by atoms with Gasteiger partial charge in [-0.05, 0) is 62.3 Å². The Morgan fingerprint density at radius 1 is 1.19 bits per heavy atom. The van der Waals surface area contributed by atoms with E-state index in [9.17, 15) is 8.42 Å². The Kier molecular flexibility index (Phi) is 5.10. The van der Waals surface area contributed by atoms with Crippen LogP contribution in [0.4, 0.5) is 0 Å². The first-order valence-corrected chi connectivity index (χ1v) is 9.47. The zero-order valence-electron chi connectivity index (χ0n) is 13.3. The van der Waals surface area contributed by atoms with Gasteiger partial charge < -0.3 is 5.73 Å². The molecule has 0 heterocycles. The Morgan fingerprint density at radius 2 is 1.90 bits per heavy atom. The monoisotopic (exact) mass is 309 g/mol.